The molecule has 0 radical (unpaired) electrons. The Kier molecular flexibility index (Phi) is 15.4. The van der Waals surface area contributed by atoms with Crippen LogP contribution in [-0.4, -0.2) is 105 Å². The molecular formula is C34H56N4O7. The number of methoxy groups -OCH3 is 3. The first kappa shape index (κ1) is 38.2. The molecule has 3 amide bonds. The van der Waals surface area contributed by atoms with Gasteiger partial charge in [0.05, 0.1) is 49.8 Å². The van der Waals surface area contributed by atoms with Gasteiger partial charge in [0.2, 0.25) is 17.7 Å². The van der Waals surface area contributed by atoms with E-state index in [1.807, 2.05) is 58.0 Å². The third-order valence-electron chi connectivity index (χ3n) is 9.35. The first-order valence-corrected chi connectivity index (χ1v) is 16.1. The normalized spacial score (nSPS) is 19.6. The molecule has 0 saturated carbocycles. The first-order chi connectivity index (χ1) is 21.3. The van der Waals surface area contributed by atoms with Crippen LogP contribution in [0.1, 0.15) is 65.9 Å². The first-order valence-electron chi connectivity index (χ1n) is 16.1. The third kappa shape index (κ3) is 9.98. The van der Waals surface area contributed by atoms with Gasteiger partial charge in [-0.2, -0.15) is 0 Å². The second-order valence-corrected chi connectivity index (χ2v) is 12.6. The van der Waals surface area contributed by atoms with E-state index in [1.165, 1.54) is 14.2 Å². The standard InChI is InChI=1S/C34H56N4O7/c1-10-22(4)30(37(6)33(41)29(35)21(2)3)27(43-7)20-28(39)38-18-14-17-26(38)31(44-8)23(5)32(40)36-25(34(42)45-9)19-24-15-12-11-13-16-24/h11-13,15-16,21-23,25-27,29-31H,10,14,17-20,35H2,1-9H3,(H,36,40)/t22-,23?,25?,26-,27+,29-,30-,31+/m0/s1. The maximum Gasteiger partial charge on any atom is 0.328 e. The number of hydrogen-bond donors (Lipinski definition) is 2. The van der Waals surface area contributed by atoms with Crippen LogP contribution >= 0.6 is 0 Å². The van der Waals surface area contributed by atoms with Crippen molar-refractivity contribution in [1.29, 1.82) is 0 Å². The van der Waals surface area contributed by atoms with Gasteiger partial charge in [-0.15, -0.1) is 0 Å². The van der Waals surface area contributed by atoms with Crippen LogP contribution in [0, 0.1) is 17.8 Å². The lowest BCUT2D eigenvalue weighted by molar-refractivity contribution is -0.148. The molecule has 0 spiro atoms. The van der Waals surface area contributed by atoms with Crippen molar-refractivity contribution in [2.45, 2.75) is 103 Å². The van der Waals surface area contributed by atoms with Crippen LogP contribution in [0.4, 0.5) is 0 Å². The summed E-state index contributed by atoms with van der Waals surface area (Å²) in [6.07, 6.45) is 1.40. The molecule has 254 valence electrons. The largest absolute Gasteiger partial charge is 0.467 e. The fourth-order valence-electron chi connectivity index (χ4n) is 6.31. The van der Waals surface area contributed by atoms with Crippen molar-refractivity contribution in [3.63, 3.8) is 0 Å². The van der Waals surface area contributed by atoms with Gasteiger partial charge in [0.1, 0.15) is 6.04 Å². The summed E-state index contributed by atoms with van der Waals surface area (Å²) in [6.45, 7) is 10.2. The highest BCUT2D eigenvalue weighted by atomic mass is 16.5. The molecule has 11 heteroatoms. The molecule has 2 rings (SSSR count). The molecule has 1 aromatic carbocycles. The quantitative estimate of drug-likeness (QED) is 0.250. The van der Waals surface area contributed by atoms with Crippen molar-refractivity contribution in [3.8, 4) is 0 Å². The fraction of sp³-hybridized carbons (Fsp3) is 0.706. The van der Waals surface area contributed by atoms with Gasteiger partial charge in [-0.05, 0) is 30.2 Å². The van der Waals surface area contributed by atoms with E-state index in [9.17, 15) is 19.2 Å². The SMILES string of the molecule is CC[C@H](C)[C@@H]([C@@H](CC(=O)N1CCC[C@H]1[C@H](OC)C(C)C(=O)NC(Cc1ccccc1)C(=O)OC)OC)N(C)C(=O)[C@@H](N)C(C)C. The van der Waals surface area contributed by atoms with Gasteiger partial charge in [0, 0.05) is 34.2 Å². The Bertz CT molecular complexity index is 1100. The topological polar surface area (TPSA) is 141 Å². The van der Waals surface area contributed by atoms with Gasteiger partial charge < -0.3 is 35.1 Å². The van der Waals surface area contributed by atoms with Crippen molar-refractivity contribution in [3.05, 3.63) is 35.9 Å². The molecule has 0 aromatic heterocycles. The summed E-state index contributed by atoms with van der Waals surface area (Å²) in [4.78, 5) is 56.6. The van der Waals surface area contributed by atoms with Crippen molar-refractivity contribution in [2.24, 2.45) is 23.5 Å². The lowest BCUT2D eigenvalue weighted by Gasteiger charge is -2.40. The summed E-state index contributed by atoms with van der Waals surface area (Å²) < 4.78 is 16.7. The monoisotopic (exact) mass is 632 g/mol. The van der Waals surface area contributed by atoms with Crippen molar-refractivity contribution in [1.82, 2.24) is 15.1 Å². The molecule has 1 fully saturated rings. The van der Waals surface area contributed by atoms with E-state index < -0.39 is 36.2 Å². The van der Waals surface area contributed by atoms with Crippen LogP contribution in [0.25, 0.3) is 0 Å². The minimum Gasteiger partial charge on any atom is -0.467 e. The molecule has 1 heterocycles. The average molecular weight is 633 g/mol. The van der Waals surface area contributed by atoms with Gasteiger partial charge in [-0.3, -0.25) is 14.4 Å². The minimum atomic E-state index is -0.866. The van der Waals surface area contributed by atoms with Crippen LogP contribution in [-0.2, 0) is 39.8 Å². The number of nitrogens with one attached hydrogen (secondary N) is 1. The summed E-state index contributed by atoms with van der Waals surface area (Å²) >= 11 is 0. The van der Waals surface area contributed by atoms with Crippen LogP contribution < -0.4 is 11.1 Å². The molecule has 1 aliphatic rings. The van der Waals surface area contributed by atoms with Crippen LogP contribution in [0.5, 0.6) is 0 Å². The zero-order valence-corrected chi connectivity index (χ0v) is 28.7. The number of amides is 3. The highest BCUT2D eigenvalue weighted by Crippen LogP contribution is 2.29. The predicted molar refractivity (Wildman–Crippen MR) is 173 cm³/mol. The summed E-state index contributed by atoms with van der Waals surface area (Å²) in [6, 6.07) is 7.18. The summed E-state index contributed by atoms with van der Waals surface area (Å²) in [7, 11) is 6.12. The summed E-state index contributed by atoms with van der Waals surface area (Å²) in [5.41, 5.74) is 7.10. The molecule has 3 N–H and O–H groups in total. The zero-order valence-electron chi connectivity index (χ0n) is 28.7. The molecule has 8 atom stereocenters. The van der Waals surface area contributed by atoms with Gasteiger partial charge in [-0.1, -0.05) is 71.4 Å². The zero-order chi connectivity index (χ0) is 33.8. The molecule has 45 heavy (non-hydrogen) atoms. The number of nitrogens with two attached hydrogens (primary N) is 1. The predicted octanol–water partition coefficient (Wildman–Crippen LogP) is 2.79. The van der Waals surface area contributed by atoms with E-state index in [1.54, 1.807) is 30.9 Å². The van der Waals surface area contributed by atoms with Gasteiger partial charge in [-0.25, -0.2) is 4.79 Å². The highest BCUT2D eigenvalue weighted by molar-refractivity contribution is 5.86. The molecule has 2 unspecified atom stereocenters. The van der Waals surface area contributed by atoms with Crippen molar-refractivity contribution >= 4 is 23.7 Å². The number of likely N-dealkylation sites (tertiary alicyclic amines) is 1. The van der Waals surface area contributed by atoms with Crippen molar-refractivity contribution < 1.29 is 33.4 Å². The molecular weight excluding hydrogens is 576 g/mol. The Morgan fingerprint density at radius 3 is 2.22 bits per heavy atom. The number of rotatable bonds is 17. The number of carbonyl (C=O) groups is 4. The Balaban J connectivity index is 2.22. The number of benzene rings is 1. The lowest BCUT2D eigenvalue weighted by atomic mass is 9.89. The molecule has 1 aliphatic heterocycles. The number of esters is 1. The Morgan fingerprint density at radius 2 is 1.69 bits per heavy atom. The molecule has 1 saturated heterocycles. The number of nitrogens with zero attached hydrogens (tertiary/aromatic N) is 2. The second-order valence-electron chi connectivity index (χ2n) is 12.6. The van der Waals surface area contributed by atoms with Crippen LogP contribution in [0.3, 0.4) is 0 Å². The summed E-state index contributed by atoms with van der Waals surface area (Å²) in [5.74, 6) is -1.84. The number of carbonyl (C=O) groups excluding carboxylic acids is 4. The molecule has 11 nitrogen and oxygen atoms in total. The lowest BCUT2D eigenvalue weighted by Crippen LogP contribution is -2.56. The van der Waals surface area contributed by atoms with Crippen molar-refractivity contribution in [2.75, 3.05) is 34.9 Å². The van der Waals surface area contributed by atoms with Crippen LogP contribution in [0.15, 0.2) is 30.3 Å². The van der Waals surface area contributed by atoms with Gasteiger partial charge in [0.25, 0.3) is 0 Å². The summed E-state index contributed by atoms with van der Waals surface area (Å²) in [5, 5.41) is 2.85. The van der Waals surface area contributed by atoms with E-state index in [2.05, 4.69) is 5.32 Å². The van der Waals surface area contributed by atoms with E-state index >= 15 is 0 Å². The molecule has 0 aliphatic carbocycles. The highest BCUT2D eigenvalue weighted by Gasteiger charge is 2.42. The van der Waals surface area contributed by atoms with E-state index in [-0.39, 0.29) is 54.5 Å². The number of hydrogen-bond acceptors (Lipinski definition) is 8. The Morgan fingerprint density at radius 1 is 1.04 bits per heavy atom. The van der Waals surface area contributed by atoms with E-state index in [4.69, 9.17) is 19.9 Å². The smallest absolute Gasteiger partial charge is 0.328 e. The van der Waals surface area contributed by atoms with Crippen LogP contribution in [0.2, 0.25) is 0 Å². The van der Waals surface area contributed by atoms with E-state index in [0.717, 1.165) is 18.4 Å². The maximum atomic E-state index is 13.9. The Labute approximate surface area is 269 Å². The van der Waals surface area contributed by atoms with E-state index in [0.29, 0.717) is 13.0 Å². The number of ether oxygens (including phenoxy) is 3. The minimum absolute atomic E-state index is 0.0306. The van der Waals surface area contributed by atoms with Gasteiger partial charge >= 0.3 is 5.97 Å². The Hall–Kier alpha value is -3.02. The maximum absolute atomic E-state index is 13.9. The molecule has 0 bridgehead atoms. The van der Waals surface area contributed by atoms with Gasteiger partial charge in [0.15, 0.2) is 0 Å². The number of likely N-dealkylation sites (N-methyl/N-ethyl adjacent to an activating group) is 1. The molecule has 1 aromatic rings. The average Bonchev–Trinajstić information content (AvgIpc) is 3.52. The fourth-order valence-corrected chi connectivity index (χ4v) is 6.31. The third-order valence-corrected chi connectivity index (χ3v) is 9.35. The second kappa shape index (κ2) is 18.2.